The predicted octanol–water partition coefficient (Wildman–Crippen LogP) is 2.11. The Balaban J connectivity index is 1.76. The number of fused-ring (bicyclic) bond motifs is 1. The van der Waals surface area contributed by atoms with Gasteiger partial charge in [-0.25, -0.2) is 9.69 Å². The van der Waals surface area contributed by atoms with Crippen molar-refractivity contribution in [3.05, 3.63) is 22.3 Å². The van der Waals surface area contributed by atoms with Crippen molar-refractivity contribution in [2.24, 2.45) is 0 Å². The van der Waals surface area contributed by atoms with Crippen molar-refractivity contribution in [1.29, 1.82) is 0 Å². The quantitative estimate of drug-likeness (QED) is 0.792. The molecule has 1 aliphatic rings. The van der Waals surface area contributed by atoms with E-state index in [2.05, 4.69) is 10.2 Å². The minimum absolute atomic E-state index is 0.0417. The van der Waals surface area contributed by atoms with E-state index in [1.165, 1.54) is 0 Å². The van der Waals surface area contributed by atoms with Gasteiger partial charge in [0.1, 0.15) is 6.61 Å². The van der Waals surface area contributed by atoms with Crippen molar-refractivity contribution in [1.82, 2.24) is 19.5 Å². The summed E-state index contributed by atoms with van der Waals surface area (Å²) < 4.78 is 6.32. The van der Waals surface area contributed by atoms with Crippen molar-refractivity contribution in [2.75, 3.05) is 18.9 Å². The Kier molecular flexibility index (Phi) is 3.92. The van der Waals surface area contributed by atoms with E-state index in [-0.39, 0.29) is 24.8 Å². The zero-order chi connectivity index (χ0) is 15.0. The predicted molar refractivity (Wildman–Crippen MR) is 76.8 cm³/mol. The Bertz CT molecular complexity index is 736. The summed E-state index contributed by atoms with van der Waals surface area (Å²) in [6, 6.07) is 1.56. The standard InChI is InChI=1S/C11H8Cl2N4O3S/c12-6-3-7(13)9-14-15-10(17(9)4-6)21-5-8(18)16-1-2-20-11(16)19/h3-4H,1-2,5H2. The smallest absolute Gasteiger partial charge is 0.416 e. The largest absolute Gasteiger partial charge is 0.447 e. The number of carbonyl (C=O) groups is 2. The molecule has 1 aliphatic heterocycles. The van der Waals surface area contributed by atoms with Crippen LogP contribution in [-0.2, 0) is 9.53 Å². The highest BCUT2D eigenvalue weighted by atomic mass is 35.5. The molecule has 3 rings (SSSR count). The summed E-state index contributed by atoms with van der Waals surface area (Å²) in [6.45, 7) is 0.505. The first kappa shape index (κ1) is 14.4. The highest BCUT2D eigenvalue weighted by Crippen LogP contribution is 2.25. The minimum Gasteiger partial charge on any atom is -0.447 e. The van der Waals surface area contributed by atoms with Gasteiger partial charge in [0, 0.05) is 6.20 Å². The lowest BCUT2D eigenvalue weighted by atomic mass is 10.5. The minimum atomic E-state index is -0.613. The first-order chi connectivity index (χ1) is 10.1. The number of hydrogen-bond acceptors (Lipinski definition) is 6. The summed E-state index contributed by atoms with van der Waals surface area (Å²) in [5.41, 5.74) is 0.455. The molecule has 2 aromatic heterocycles. The van der Waals surface area contributed by atoms with Crippen molar-refractivity contribution in [3.8, 4) is 0 Å². The summed E-state index contributed by atoms with van der Waals surface area (Å²) in [4.78, 5) is 24.3. The molecule has 10 heteroatoms. The molecular weight excluding hydrogens is 339 g/mol. The highest BCUT2D eigenvalue weighted by molar-refractivity contribution is 7.99. The van der Waals surface area contributed by atoms with Gasteiger partial charge in [-0.2, -0.15) is 0 Å². The average Bonchev–Trinajstić information content (AvgIpc) is 3.02. The Morgan fingerprint density at radius 2 is 2.24 bits per heavy atom. The number of rotatable bonds is 3. The molecule has 2 aromatic rings. The number of cyclic esters (lactones) is 1. The molecule has 2 amide bonds. The van der Waals surface area contributed by atoms with Crippen LogP contribution in [0.5, 0.6) is 0 Å². The van der Waals surface area contributed by atoms with Crippen LogP contribution in [0, 0.1) is 0 Å². The van der Waals surface area contributed by atoms with E-state index < -0.39 is 6.09 Å². The van der Waals surface area contributed by atoms with Gasteiger partial charge >= 0.3 is 6.09 Å². The second kappa shape index (κ2) is 5.70. The SMILES string of the molecule is O=C(CSc1nnc2c(Cl)cc(Cl)cn12)N1CCOC1=O. The number of hydrogen-bond donors (Lipinski definition) is 0. The summed E-state index contributed by atoms with van der Waals surface area (Å²) in [5, 5.41) is 9.17. The number of thioether (sulfide) groups is 1. The van der Waals surface area contributed by atoms with E-state index in [1.807, 2.05) is 0 Å². The van der Waals surface area contributed by atoms with Crippen molar-refractivity contribution < 1.29 is 14.3 Å². The fraction of sp³-hybridized carbons (Fsp3) is 0.273. The van der Waals surface area contributed by atoms with Crippen LogP contribution in [-0.4, -0.2) is 50.4 Å². The number of halogens is 2. The van der Waals surface area contributed by atoms with E-state index in [0.29, 0.717) is 20.8 Å². The zero-order valence-corrected chi connectivity index (χ0v) is 12.8. The molecule has 0 unspecified atom stereocenters. The number of carbonyl (C=O) groups excluding carboxylic acids is 2. The van der Waals surface area contributed by atoms with Gasteiger partial charge in [-0.15, -0.1) is 10.2 Å². The van der Waals surface area contributed by atoms with Crippen molar-refractivity contribution >= 4 is 52.6 Å². The number of aromatic nitrogens is 3. The Morgan fingerprint density at radius 1 is 1.43 bits per heavy atom. The molecule has 0 N–H and O–H groups in total. The van der Waals surface area contributed by atoms with Gasteiger partial charge in [0.25, 0.3) is 0 Å². The van der Waals surface area contributed by atoms with Gasteiger partial charge in [0.05, 0.1) is 22.3 Å². The van der Waals surface area contributed by atoms with Gasteiger partial charge in [0.2, 0.25) is 5.91 Å². The second-order valence-electron chi connectivity index (χ2n) is 4.13. The normalized spacial score (nSPS) is 14.8. The number of ether oxygens (including phenoxy) is 1. The third-order valence-electron chi connectivity index (χ3n) is 2.78. The molecule has 0 bridgehead atoms. The van der Waals surface area contributed by atoms with E-state index in [9.17, 15) is 9.59 Å². The number of nitrogens with zero attached hydrogens (tertiary/aromatic N) is 4. The molecule has 21 heavy (non-hydrogen) atoms. The maximum atomic E-state index is 11.9. The number of amides is 2. The second-order valence-corrected chi connectivity index (χ2v) is 5.92. The Labute approximate surface area is 133 Å². The molecule has 0 aromatic carbocycles. The highest BCUT2D eigenvalue weighted by Gasteiger charge is 2.28. The molecule has 0 aliphatic carbocycles. The van der Waals surface area contributed by atoms with Gasteiger partial charge in [-0.1, -0.05) is 35.0 Å². The van der Waals surface area contributed by atoms with Gasteiger partial charge < -0.3 is 4.74 Å². The first-order valence-corrected chi connectivity index (χ1v) is 7.60. The fourth-order valence-corrected chi connectivity index (χ4v) is 3.12. The summed E-state index contributed by atoms with van der Waals surface area (Å²) in [5.74, 6) is -0.299. The van der Waals surface area contributed by atoms with Crippen LogP contribution >= 0.6 is 35.0 Å². The van der Waals surface area contributed by atoms with Crippen LogP contribution in [0.25, 0.3) is 5.65 Å². The third-order valence-corrected chi connectivity index (χ3v) is 4.19. The van der Waals surface area contributed by atoms with Crippen LogP contribution in [0.3, 0.4) is 0 Å². The van der Waals surface area contributed by atoms with Crippen molar-refractivity contribution in [2.45, 2.75) is 5.16 Å². The third kappa shape index (κ3) is 2.78. The van der Waals surface area contributed by atoms with Gasteiger partial charge in [-0.3, -0.25) is 9.20 Å². The number of imide groups is 1. The lowest BCUT2D eigenvalue weighted by Crippen LogP contribution is -2.33. The first-order valence-electron chi connectivity index (χ1n) is 5.86. The molecule has 0 saturated carbocycles. The summed E-state index contributed by atoms with van der Waals surface area (Å²) in [7, 11) is 0. The van der Waals surface area contributed by atoms with Crippen molar-refractivity contribution in [3.63, 3.8) is 0 Å². The molecule has 7 nitrogen and oxygen atoms in total. The lowest BCUT2D eigenvalue weighted by molar-refractivity contribution is -0.125. The number of pyridine rings is 1. The molecule has 1 saturated heterocycles. The molecule has 110 valence electrons. The summed E-state index contributed by atoms with van der Waals surface area (Å²) >= 11 is 13.1. The van der Waals surface area contributed by atoms with Gasteiger partial charge in [0.15, 0.2) is 10.8 Å². The molecular formula is C11H8Cl2N4O3S. The molecule has 0 atom stereocenters. The molecule has 0 spiro atoms. The van der Waals surface area contributed by atoms with Crippen LogP contribution in [0.1, 0.15) is 0 Å². The zero-order valence-electron chi connectivity index (χ0n) is 10.5. The maximum Gasteiger partial charge on any atom is 0.416 e. The van der Waals surface area contributed by atoms with Crippen LogP contribution in [0.2, 0.25) is 10.0 Å². The Hall–Kier alpha value is -1.51. The van der Waals surface area contributed by atoms with E-state index in [4.69, 9.17) is 27.9 Å². The van der Waals surface area contributed by atoms with Crippen LogP contribution in [0.15, 0.2) is 17.4 Å². The lowest BCUT2D eigenvalue weighted by Gasteiger charge is -2.09. The van der Waals surface area contributed by atoms with E-state index in [0.717, 1.165) is 16.7 Å². The topological polar surface area (TPSA) is 76.8 Å². The maximum absolute atomic E-state index is 11.9. The monoisotopic (exact) mass is 346 g/mol. The van der Waals surface area contributed by atoms with Crippen LogP contribution < -0.4 is 0 Å². The Morgan fingerprint density at radius 3 is 2.95 bits per heavy atom. The molecule has 0 radical (unpaired) electrons. The van der Waals surface area contributed by atoms with Gasteiger partial charge in [-0.05, 0) is 6.07 Å². The van der Waals surface area contributed by atoms with E-state index in [1.54, 1.807) is 16.7 Å². The fourth-order valence-electron chi connectivity index (χ4n) is 1.83. The molecule has 1 fully saturated rings. The average molecular weight is 347 g/mol. The summed E-state index contributed by atoms with van der Waals surface area (Å²) in [6.07, 6.45) is 0.998. The molecule has 3 heterocycles. The van der Waals surface area contributed by atoms with E-state index >= 15 is 0 Å². The van der Waals surface area contributed by atoms with Crippen LogP contribution in [0.4, 0.5) is 4.79 Å².